The van der Waals surface area contributed by atoms with Crippen molar-refractivity contribution in [2.75, 3.05) is 12.8 Å². The van der Waals surface area contributed by atoms with Crippen molar-refractivity contribution < 1.29 is 4.74 Å². The maximum atomic E-state index is 6.07. The van der Waals surface area contributed by atoms with E-state index in [1.165, 1.54) is 0 Å². The number of methoxy groups -OCH3 is 1. The van der Waals surface area contributed by atoms with Crippen LogP contribution in [0.5, 0.6) is 5.75 Å². The van der Waals surface area contributed by atoms with Gasteiger partial charge >= 0.3 is 0 Å². The summed E-state index contributed by atoms with van der Waals surface area (Å²) in [5.74, 6) is 1.50. The Morgan fingerprint density at radius 2 is 2.05 bits per heavy atom. The average Bonchev–Trinajstić information content (AvgIpc) is 2.82. The molecule has 0 radical (unpaired) electrons. The van der Waals surface area contributed by atoms with E-state index in [0.29, 0.717) is 5.69 Å². The van der Waals surface area contributed by atoms with Crippen molar-refractivity contribution in [2.45, 2.75) is 6.92 Å². The lowest BCUT2D eigenvalue weighted by atomic mass is 10.1. The number of imidazole rings is 1. The standard InChI is InChI=1S/C15H14BrN3O/c1-8-5-9(16)6-13-14(8)19-15(18-13)11-4-3-10(20-2)7-12(11)17/h3-7H,17H2,1-2H3,(H,18,19). The lowest BCUT2D eigenvalue weighted by Crippen LogP contribution is -1.93. The summed E-state index contributed by atoms with van der Waals surface area (Å²) >= 11 is 3.49. The van der Waals surface area contributed by atoms with Crippen LogP contribution >= 0.6 is 15.9 Å². The molecule has 0 saturated carbocycles. The number of anilines is 1. The van der Waals surface area contributed by atoms with Crippen LogP contribution in [-0.2, 0) is 0 Å². The van der Waals surface area contributed by atoms with Crippen LogP contribution in [0.3, 0.4) is 0 Å². The van der Waals surface area contributed by atoms with Gasteiger partial charge in [-0.25, -0.2) is 4.98 Å². The van der Waals surface area contributed by atoms with E-state index in [-0.39, 0.29) is 0 Å². The highest BCUT2D eigenvalue weighted by molar-refractivity contribution is 9.10. The molecule has 0 bridgehead atoms. The van der Waals surface area contributed by atoms with Crippen LogP contribution in [0.2, 0.25) is 0 Å². The summed E-state index contributed by atoms with van der Waals surface area (Å²) in [6.45, 7) is 2.04. The molecule has 1 aromatic heterocycles. The molecule has 4 nitrogen and oxygen atoms in total. The van der Waals surface area contributed by atoms with Gasteiger partial charge in [-0.05, 0) is 36.8 Å². The summed E-state index contributed by atoms with van der Waals surface area (Å²) in [5, 5.41) is 0. The van der Waals surface area contributed by atoms with Gasteiger partial charge in [0, 0.05) is 21.8 Å². The molecule has 0 aliphatic carbocycles. The number of nitrogens with two attached hydrogens (primary N) is 1. The van der Waals surface area contributed by atoms with Crippen LogP contribution in [0.4, 0.5) is 5.69 Å². The van der Waals surface area contributed by atoms with Gasteiger partial charge in [0.25, 0.3) is 0 Å². The Balaban J connectivity index is 2.17. The Morgan fingerprint density at radius 3 is 2.75 bits per heavy atom. The van der Waals surface area contributed by atoms with Gasteiger partial charge < -0.3 is 15.5 Å². The van der Waals surface area contributed by atoms with E-state index in [2.05, 4.69) is 25.9 Å². The first-order chi connectivity index (χ1) is 9.58. The average molecular weight is 332 g/mol. The normalized spacial score (nSPS) is 10.9. The SMILES string of the molecule is COc1ccc(-c2nc3c(C)cc(Br)cc3[nH]2)c(N)c1. The molecule has 0 spiro atoms. The van der Waals surface area contributed by atoms with E-state index in [1.807, 2.05) is 31.2 Å². The van der Waals surface area contributed by atoms with Crippen LogP contribution in [0, 0.1) is 6.92 Å². The number of H-pyrrole nitrogens is 1. The van der Waals surface area contributed by atoms with Gasteiger partial charge in [-0.1, -0.05) is 15.9 Å². The van der Waals surface area contributed by atoms with Gasteiger partial charge in [0.05, 0.1) is 18.1 Å². The molecule has 5 heteroatoms. The van der Waals surface area contributed by atoms with E-state index < -0.39 is 0 Å². The van der Waals surface area contributed by atoms with Gasteiger partial charge in [0.2, 0.25) is 0 Å². The predicted octanol–water partition coefficient (Wildman–Crippen LogP) is 3.89. The van der Waals surface area contributed by atoms with Crippen molar-refractivity contribution >= 4 is 32.7 Å². The van der Waals surface area contributed by atoms with Gasteiger partial charge in [-0.15, -0.1) is 0 Å². The third-order valence-corrected chi connectivity index (χ3v) is 3.71. The van der Waals surface area contributed by atoms with Gasteiger partial charge in [0.15, 0.2) is 0 Å². The zero-order valence-corrected chi connectivity index (χ0v) is 12.8. The molecule has 2 aromatic carbocycles. The Kier molecular flexibility index (Phi) is 3.14. The van der Waals surface area contributed by atoms with Crippen molar-refractivity contribution in [2.24, 2.45) is 0 Å². The number of ether oxygens (including phenoxy) is 1. The molecule has 3 rings (SSSR count). The minimum atomic E-state index is 0.639. The van der Waals surface area contributed by atoms with Crippen LogP contribution in [-0.4, -0.2) is 17.1 Å². The molecule has 0 atom stereocenters. The second-order valence-electron chi connectivity index (χ2n) is 4.66. The van der Waals surface area contributed by atoms with Crippen LogP contribution in [0.15, 0.2) is 34.8 Å². The van der Waals surface area contributed by atoms with E-state index in [1.54, 1.807) is 13.2 Å². The highest BCUT2D eigenvalue weighted by atomic mass is 79.9. The first-order valence-electron chi connectivity index (χ1n) is 6.18. The maximum Gasteiger partial charge on any atom is 0.140 e. The molecular weight excluding hydrogens is 318 g/mol. The number of benzene rings is 2. The summed E-state index contributed by atoms with van der Waals surface area (Å²) in [7, 11) is 1.62. The minimum absolute atomic E-state index is 0.639. The molecule has 0 amide bonds. The topological polar surface area (TPSA) is 63.9 Å². The number of rotatable bonds is 2. The van der Waals surface area contributed by atoms with Gasteiger partial charge in [-0.2, -0.15) is 0 Å². The number of halogens is 1. The van der Waals surface area contributed by atoms with Crippen LogP contribution in [0.25, 0.3) is 22.4 Å². The quantitative estimate of drug-likeness (QED) is 0.700. The van der Waals surface area contributed by atoms with E-state index in [9.17, 15) is 0 Å². The zero-order valence-electron chi connectivity index (χ0n) is 11.2. The summed E-state index contributed by atoms with van der Waals surface area (Å²) in [4.78, 5) is 7.95. The van der Waals surface area contributed by atoms with E-state index in [4.69, 9.17) is 10.5 Å². The monoisotopic (exact) mass is 331 g/mol. The van der Waals surface area contributed by atoms with Gasteiger partial charge in [-0.3, -0.25) is 0 Å². The summed E-state index contributed by atoms with van der Waals surface area (Å²) in [6, 6.07) is 9.64. The molecule has 0 unspecified atom stereocenters. The fourth-order valence-electron chi connectivity index (χ4n) is 2.26. The molecule has 20 heavy (non-hydrogen) atoms. The lowest BCUT2D eigenvalue weighted by molar-refractivity contribution is 0.415. The van der Waals surface area contributed by atoms with Crippen molar-refractivity contribution in [1.82, 2.24) is 9.97 Å². The van der Waals surface area contributed by atoms with Gasteiger partial charge in [0.1, 0.15) is 11.6 Å². The Labute approximate surface area is 125 Å². The predicted molar refractivity (Wildman–Crippen MR) is 84.9 cm³/mol. The molecule has 0 fully saturated rings. The number of hydrogen-bond acceptors (Lipinski definition) is 3. The van der Waals surface area contributed by atoms with Crippen molar-refractivity contribution in [3.63, 3.8) is 0 Å². The van der Waals surface area contributed by atoms with E-state index in [0.717, 1.165) is 38.2 Å². The van der Waals surface area contributed by atoms with Crippen molar-refractivity contribution in [3.05, 3.63) is 40.4 Å². The number of fused-ring (bicyclic) bond motifs is 1. The number of nitrogen functional groups attached to an aromatic ring is 1. The minimum Gasteiger partial charge on any atom is -0.497 e. The Morgan fingerprint density at radius 1 is 1.25 bits per heavy atom. The molecular formula is C15H14BrN3O. The fraction of sp³-hybridized carbons (Fsp3) is 0.133. The molecule has 3 aromatic rings. The molecule has 3 N–H and O–H groups in total. The third-order valence-electron chi connectivity index (χ3n) is 3.26. The number of aryl methyl sites for hydroxylation is 1. The molecule has 102 valence electrons. The third kappa shape index (κ3) is 2.14. The molecule has 1 heterocycles. The smallest absolute Gasteiger partial charge is 0.140 e. The number of nitrogens with one attached hydrogen (secondary N) is 1. The largest absolute Gasteiger partial charge is 0.497 e. The Bertz CT molecular complexity index is 795. The fourth-order valence-corrected chi connectivity index (χ4v) is 2.83. The number of aromatic amines is 1. The first-order valence-corrected chi connectivity index (χ1v) is 6.97. The molecule has 0 aliphatic rings. The Hall–Kier alpha value is -2.01. The number of hydrogen-bond donors (Lipinski definition) is 2. The molecule has 0 aliphatic heterocycles. The van der Waals surface area contributed by atoms with Crippen LogP contribution < -0.4 is 10.5 Å². The number of nitrogens with zero attached hydrogens (tertiary/aromatic N) is 1. The second kappa shape index (κ2) is 4.83. The van der Waals surface area contributed by atoms with E-state index >= 15 is 0 Å². The summed E-state index contributed by atoms with van der Waals surface area (Å²) < 4.78 is 6.19. The second-order valence-corrected chi connectivity index (χ2v) is 5.57. The zero-order chi connectivity index (χ0) is 14.3. The number of aromatic nitrogens is 2. The maximum absolute atomic E-state index is 6.07. The van der Waals surface area contributed by atoms with Crippen molar-refractivity contribution in [1.29, 1.82) is 0 Å². The molecule has 0 saturated heterocycles. The lowest BCUT2D eigenvalue weighted by Gasteiger charge is -2.05. The highest BCUT2D eigenvalue weighted by Gasteiger charge is 2.11. The summed E-state index contributed by atoms with van der Waals surface area (Å²) in [6.07, 6.45) is 0. The van der Waals surface area contributed by atoms with Crippen LogP contribution in [0.1, 0.15) is 5.56 Å². The first kappa shape index (κ1) is 13.0. The van der Waals surface area contributed by atoms with Crippen molar-refractivity contribution in [3.8, 4) is 17.1 Å². The highest BCUT2D eigenvalue weighted by Crippen LogP contribution is 2.30. The summed E-state index contributed by atoms with van der Waals surface area (Å²) in [5.41, 5.74) is 10.6.